The Kier molecular flexibility index (Phi) is 4.23. The maximum Gasteiger partial charge on any atom is 0.0865 e. The van der Waals surface area contributed by atoms with Gasteiger partial charge < -0.3 is 14.9 Å². The van der Waals surface area contributed by atoms with E-state index in [1.54, 1.807) is 6.08 Å². The molecular formula is C14H26N2O. The summed E-state index contributed by atoms with van der Waals surface area (Å²) in [5, 5.41) is 10.6. The van der Waals surface area contributed by atoms with E-state index >= 15 is 0 Å². The van der Waals surface area contributed by atoms with Crippen LogP contribution in [0.3, 0.4) is 0 Å². The van der Waals surface area contributed by atoms with E-state index in [0.29, 0.717) is 5.92 Å². The SMILES string of the molecule is C=CC1(O)CCCCC1CN1CCN(C)CC1. The third-order valence-electron chi connectivity index (χ3n) is 4.51. The summed E-state index contributed by atoms with van der Waals surface area (Å²) in [7, 11) is 2.18. The van der Waals surface area contributed by atoms with Gasteiger partial charge in [-0.05, 0) is 19.9 Å². The Morgan fingerprint density at radius 1 is 1.29 bits per heavy atom. The highest BCUT2D eigenvalue weighted by Gasteiger charge is 2.37. The fourth-order valence-electron chi connectivity index (χ4n) is 3.11. The van der Waals surface area contributed by atoms with Gasteiger partial charge in [-0.2, -0.15) is 0 Å². The minimum atomic E-state index is -0.610. The first-order chi connectivity index (χ1) is 8.14. The minimum Gasteiger partial charge on any atom is -0.385 e. The predicted molar refractivity (Wildman–Crippen MR) is 71.0 cm³/mol. The van der Waals surface area contributed by atoms with Gasteiger partial charge in [-0.3, -0.25) is 0 Å². The van der Waals surface area contributed by atoms with Crippen molar-refractivity contribution in [1.29, 1.82) is 0 Å². The second-order valence-corrected chi connectivity index (χ2v) is 5.74. The highest BCUT2D eigenvalue weighted by molar-refractivity contribution is 5.03. The molecule has 0 amide bonds. The molecule has 1 N–H and O–H groups in total. The molecule has 2 fully saturated rings. The Bertz CT molecular complexity index is 261. The van der Waals surface area contributed by atoms with Crippen molar-refractivity contribution in [3.63, 3.8) is 0 Å². The lowest BCUT2D eigenvalue weighted by molar-refractivity contribution is -0.0240. The van der Waals surface area contributed by atoms with Gasteiger partial charge >= 0.3 is 0 Å². The maximum absolute atomic E-state index is 10.6. The van der Waals surface area contributed by atoms with E-state index in [-0.39, 0.29) is 0 Å². The van der Waals surface area contributed by atoms with Gasteiger partial charge in [-0.1, -0.05) is 18.9 Å². The third-order valence-corrected chi connectivity index (χ3v) is 4.51. The maximum atomic E-state index is 10.6. The number of rotatable bonds is 3. The zero-order chi connectivity index (χ0) is 12.3. The van der Waals surface area contributed by atoms with E-state index in [0.717, 1.165) is 52.0 Å². The van der Waals surface area contributed by atoms with Crippen LogP contribution in [0.15, 0.2) is 12.7 Å². The molecule has 0 bridgehead atoms. The molecule has 1 saturated carbocycles. The topological polar surface area (TPSA) is 26.7 Å². The van der Waals surface area contributed by atoms with E-state index in [1.165, 1.54) is 6.42 Å². The van der Waals surface area contributed by atoms with Crippen molar-refractivity contribution in [2.45, 2.75) is 31.3 Å². The fraction of sp³-hybridized carbons (Fsp3) is 0.857. The minimum absolute atomic E-state index is 0.386. The number of nitrogens with zero attached hydrogens (tertiary/aromatic N) is 2. The molecular weight excluding hydrogens is 212 g/mol. The molecule has 2 aliphatic rings. The first kappa shape index (κ1) is 13.1. The van der Waals surface area contributed by atoms with Crippen LogP contribution < -0.4 is 0 Å². The van der Waals surface area contributed by atoms with Gasteiger partial charge in [-0.25, -0.2) is 0 Å². The average Bonchev–Trinajstić information content (AvgIpc) is 2.35. The van der Waals surface area contributed by atoms with Crippen LogP contribution in [0.25, 0.3) is 0 Å². The van der Waals surface area contributed by atoms with Gasteiger partial charge in [0.25, 0.3) is 0 Å². The molecule has 0 spiro atoms. The van der Waals surface area contributed by atoms with Crippen LogP contribution in [-0.4, -0.2) is 60.3 Å². The Hall–Kier alpha value is -0.380. The molecule has 2 unspecified atom stereocenters. The summed E-state index contributed by atoms with van der Waals surface area (Å²) in [6.45, 7) is 9.46. The summed E-state index contributed by atoms with van der Waals surface area (Å²) < 4.78 is 0. The van der Waals surface area contributed by atoms with E-state index in [1.807, 2.05) is 0 Å². The molecule has 17 heavy (non-hydrogen) atoms. The van der Waals surface area contributed by atoms with Crippen LogP contribution in [0, 0.1) is 5.92 Å². The lowest BCUT2D eigenvalue weighted by Gasteiger charge is -2.42. The van der Waals surface area contributed by atoms with E-state index in [4.69, 9.17) is 0 Å². The standard InChI is InChI=1S/C14H26N2O/c1-3-14(17)7-5-4-6-13(14)12-16-10-8-15(2)9-11-16/h3,13,17H,1,4-12H2,2H3. The summed E-state index contributed by atoms with van der Waals surface area (Å²) in [5.74, 6) is 0.386. The highest BCUT2D eigenvalue weighted by Crippen LogP contribution is 2.35. The van der Waals surface area contributed by atoms with Crippen molar-refractivity contribution >= 4 is 0 Å². The van der Waals surface area contributed by atoms with Gasteiger partial charge in [0.1, 0.15) is 0 Å². The third kappa shape index (κ3) is 3.09. The number of hydrogen-bond donors (Lipinski definition) is 1. The molecule has 1 heterocycles. The Labute approximate surface area is 105 Å². The molecule has 0 aromatic carbocycles. The smallest absolute Gasteiger partial charge is 0.0865 e. The summed E-state index contributed by atoms with van der Waals surface area (Å²) in [6, 6.07) is 0. The predicted octanol–water partition coefficient (Wildman–Crippen LogP) is 1.34. The Morgan fingerprint density at radius 3 is 2.65 bits per heavy atom. The first-order valence-corrected chi connectivity index (χ1v) is 6.91. The van der Waals surface area contributed by atoms with Crippen LogP contribution in [0.5, 0.6) is 0 Å². The first-order valence-electron chi connectivity index (χ1n) is 6.91. The molecule has 3 nitrogen and oxygen atoms in total. The van der Waals surface area contributed by atoms with Gasteiger partial charge in [0.05, 0.1) is 5.60 Å². The molecule has 2 atom stereocenters. The Morgan fingerprint density at radius 2 is 2.00 bits per heavy atom. The summed E-state index contributed by atoms with van der Waals surface area (Å²) >= 11 is 0. The van der Waals surface area contributed by atoms with Crippen molar-refractivity contribution in [2.75, 3.05) is 39.8 Å². The van der Waals surface area contributed by atoms with Crippen LogP contribution >= 0.6 is 0 Å². The lowest BCUT2D eigenvalue weighted by atomic mass is 9.75. The van der Waals surface area contributed by atoms with Crippen molar-refractivity contribution in [2.24, 2.45) is 5.92 Å². The molecule has 0 radical (unpaired) electrons. The quantitative estimate of drug-likeness (QED) is 0.752. The van der Waals surface area contributed by atoms with E-state index in [9.17, 15) is 5.11 Å². The molecule has 1 aliphatic heterocycles. The monoisotopic (exact) mass is 238 g/mol. The van der Waals surface area contributed by atoms with Crippen LogP contribution in [0.2, 0.25) is 0 Å². The van der Waals surface area contributed by atoms with Crippen LogP contribution in [0.4, 0.5) is 0 Å². The highest BCUT2D eigenvalue weighted by atomic mass is 16.3. The van der Waals surface area contributed by atoms with Gasteiger partial charge in [0.15, 0.2) is 0 Å². The molecule has 98 valence electrons. The van der Waals surface area contributed by atoms with E-state index < -0.39 is 5.60 Å². The van der Waals surface area contributed by atoms with Gasteiger partial charge in [0, 0.05) is 38.6 Å². The average molecular weight is 238 g/mol. The van der Waals surface area contributed by atoms with Crippen molar-refractivity contribution in [1.82, 2.24) is 9.80 Å². The lowest BCUT2D eigenvalue weighted by Crippen LogP contribution is -2.50. The van der Waals surface area contributed by atoms with Crippen molar-refractivity contribution in [3.05, 3.63) is 12.7 Å². The summed E-state index contributed by atoms with van der Waals surface area (Å²) in [5.41, 5.74) is -0.610. The molecule has 0 aromatic rings. The number of likely N-dealkylation sites (N-methyl/N-ethyl adjacent to an activating group) is 1. The summed E-state index contributed by atoms with van der Waals surface area (Å²) in [4.78, 5) is 4.88. The molecule has 1 saturated heterocycles. The number of hydrogen-bond acceptors (Lipinski definition) is 3. The normalized spacial score (nSPS) is 36.9. The molecule has 1 aliphatic carbocycles. The second kappa shape index (κ2) is 5.51. The van der Waals surface area contributed by atoms with Crippen molar-refractivity contribution in [3.8, 4) is 0 Å². The zero-order valence-electron chi connectivity index (χ0n) is 11.1. The zero-order valence-corrected chi connectivity index (χ0v) is 11.1. The van der Waals surface area contributed by atoms with Gasteiger partial charge in [-0.15, -0.1) is 6.58 Å². The fourth-order valence-corrected chi connectivity index (χ4v) is 3.11. The largest absolute Gasteiger partial charge is 0.385 e. The number of aliphatic hydroxyl groups is 1. The van der Waals surface area contributed by atoms with Gasteiger partial charge in [0.2, 0.25) is 0 Å². The van der Waals surface area contributed by atoms with Crippen LogP contribution in [-0.2, 0) is 0 Å². The van der Waals surface area contributed by atoms with Crippen molar-refractivity contribution < 1.29 is 5.11 Å². The summed E-state index contributed by atoms with van der Waals surface area (Å²) in [6.07, 6.45) is 6.23. The second-order valence-electron chi connectivity index (χ2n) is 5.74. The Balaban J connectivity index is 1.90. The molecule has 3 heteroatoms. The molecule has 2 rings (SSSR count). The van der Waals surface area contributed by atoms with E-state index in [2.05, 4.69) is 23.4 Å². The molecule has 0 aromatic heterocycles. The number of piperazine rings is 1. The van der Waals surface area contributed by atoms with Crippen LogP contribution in [0.1, 0.15) is 25.7 Å².